The Morgan fingerprint density at radius 2 is 1.13 bits per heavy atom. The number of hydrogen-bond donors (Lipinski definition) is 2. The second-order valence-electron chi connectivity index (χ2n) is 14.3. The first kappa shape index (κ1) is 42.9. The maximum Gasteiger partial charge on any atom is 0.340 e. The smallest absolute Gasteiger partial charge is 0.340 e. The number of nitrogens with zero attached hydrogens (tertiary/aromatic N) is 3. The number of anilines is 2. The highest BCUT2D eigenvalue weighted by atomic mass is 32.2. The molecule has 4 aromatic rings. The molecule has 0 aromatic heterocycles. The molecular formula is C40H43F2N5O11S2. The molecule has 3 aliphatic rings. The first-order valence-corrected chi connectivity index (χ1v) is 21.7. The predicted molar refractivity (Wildman–Crippen MR) is 214 cm³/mol. The summed E-state index contributed by atoms with van der Waals surface area (Å²) in [6.07, 6.45) is -1.52. The van der Waals surface area contributed by atoms with E-state index in [1.165, 1.54) is 83.5 Å². The molecule has 16 nitrogen and oxygen atoms in total. The SMILES string of the molecule is COC(=O)c1cc(CN2CC(Oc3ccc(NS(=O)(=O)N4CCOC(c5ccc(F)cc5)C4)c(C(=O)OC)c3)C2)ccc1NS(=O)(=O)N1CCOC(c2ccc(F)cc2)C1. The first-order chi connectivity index (χ1) is 28.7. The van der Waals surface area contributed by atoms with E-state index in [0.29, 0.717) is 42.1 Å². The van der Waals surface area contributed by atoms with E-state index in [0.717, 1.165) is 0 Å². The molecule has 4 aromatic carbocycles. The number of methoxy groups -OCH3 is 2. The highest BCUT2D eigenvalue weighted by Gasteiger charge is 2.34. The number of benzene rings is 4. The van der Waals surface area contributed by atoms with Crippen molar-refractivity contribution in [3.63, 3.8) is 0 Å². The van der Waals surface area contributed by atoms with Crippen molar-refractivity contribution in [2.75, 3.05) is 76.1 Å². The molecule has 0 saturated carbocycles. The molecule has 2 unspecified atom stereocenters. The fourth-order valence-electron chi connectivity index (χ4n) is 7.05. The number of halogens is 2. The van der Waals surface area contributed by atoms with E-state index >= 15 is 0 Å². The summed E-state index contributed by atoms with van der Waals surface area (Å²) in [6.45, 7) is 1.61. The average Bonchev–Trinajstić information content (AvgIpc) is 3.23. The Morgan fingerprint density at radius 1 is 0.667 bits per heavy atom. The van der Waals surface area contributed by atoms with Crippen molar-refractivity contribution in [3.8, 4) is 5.75 Å². The van der Waals surface area contributed by atoms with Crippen LogP contribution in [0.25, 0.3) is 0 Å². The molecule has 0 aliphatic carbocycles. The number of morpholine rings is 2. The van der Waals surface area contributed by atoms with Gasteiger partial charge in [0.2, 0.25) is 0 Å². The molecule has 7 rings (SSSR count). The Kier molecular flexibility index (Phi) is 13.0. The van der Waals surface area contributed by atoms with E-state index in [-0.39, 0.29) is 68.0 Å². The van der Waals surface area contributed by atoms with Gasteiger partial charge in [0.25, 0.3) is 0 Å². The normalized spacial score (nSPS) is 19.5. The first-order valence-electron chi connectivity index (χ1n) is 18.8. The van der Waals surface area contributed by atoms with Gasteiger partial charge in [0.1, 0.15) is 23.5 Å². The zero-order valence-corrected chi connectivity index (χ0v) is 34.2. The van der Waals surface area contributed by atoms with Gasteiger partial charge < -0.3 is 23.7 Å². The minimum absolute atomic E-state index is 0.0134. The molecule has 320 valence electrons. The van der Waals surface area contributed by atoms with E-state index in [1.54, 1.807) is 24.3 Å². The largest absolute Gasteiger partial charge is 0.488 e. The zero-order valence-electron chi connectivity index (χ0n) is 32.6. The van der Waals surface area contributed by atoms with Crippen LogP contribution >= 0.6 is 0 Å². The van der Waals surface area contributed by atoms with E-state index in [1.807, 2.05) is 4.90 Å². The molecule has 3 aliphatic heterocycles. The van der Waals surface area contributed by atoms with Gasteiger partial charge in [0.05, 0.1) is 62.1 Å². The van der Waals surface area contributed by atoms with Crippen LogP contribution in [0.5, 0.6) is 5.75 Å². The van der Waals surface area contributed by atoms with Crippen molar-refractivity contribution in [2.45, 2.75) is 24.9 Å². The molecule has 0 spiro atoms. The van der Waals surface area contributed by atoms with Crippen LogP contribution in [0.2, 0.25) is 0 Å². The average molecular weight is 872 g/mol. The predicted octanol–water partition coefficient (Wildman–Crippen LogP) is 4.26. The van der Waals surface area contributed by atoms with Gasteiger partial charge in [0, 0.05) is 45.8 Å². The molecule has 0 bridgehead atoms. The summed E-state index contributed by atoms with van der Waals surface area (Å²) in [5.41, 5.74) is 1.92. The van der Waals surface area contributed by atoms with Crippen LogP contribution in [0, 0.1) is 11.6 Å². The molecule has 0 amide bonds. The number of carbonyl (C=O) groups excluding carboxylic acids is 2. The van der Waals surface area contributed by atoms with Crippen LogP contribution < -0.4 is 14.2 Å². The number of likely N-dealkylation sites (tertiary alicyclic amines) is 1. The fraction of sp³-hybridized carbons (Fsp3) is 0.350. The minimum Gasteiger partial charge on any atom is -0.488 e. The van der Waals surface area contributed by atoms with Crippen LogP contribution in [0.15, 0.2) is 84.9 Å². The number of ether oxygens (including phenoxy) is 5. The molecular weight excluding hydrogens is 829 g/mol. The Labute approximate surface area is 346 Å². The van der Waals surface area contributed by atoms with E-state index in [4.69, 9.17) is 23.7 Å². The Morgan fingerprint density at radius 3 is 1.62 bits per heavy atom. The molecule has 60 heavy (non-hydrogen) atoms. The monoisotopic (exact) mass is 871 g/mol. The summed E-state index contributed by atoms with van der Waals surface area (Å²) < 4.78 is 116. The maximum atomic E-state index is 13.5. The Hall–Kier alpha value is -5.22. The van der Waals surface area contributed by atoms with Crippen LogP contribution in [-0.2, 0) is 45.9 Å². The lowest BCUT2D eigenvalue weighted by Gasteiger charge is -2.39. The van der Waals surface area contributed by atoms with Crippen molar-refractivity contribution < 1.29 is 58.9 Å². The molecule has 2 atom stereocenters. The highest BCUT2D eigenvalue weighted by molar-refractivity contribution is 7.90. The second kappa shape index (κ2) is 18.2. The third kappa shape index (κ3) is 10.0. The van der Waals surface area contributed by atoms with Crippen LogP contribution in [0.1, 0.15) is 49.6 Å². The fourth-order valence-corrected chi connectivity index (χ4v) is 9.52. The van der Waals surface area contributed by atoms with Gasteiger partial charge in [-0.25, -0.2) is 18.4 Å². The zero-order chi connectivity index (χ0) is 42.6. The maximum absolute atomic E-state index is 13.5. The highest BCUT2D eigenvalue weighted by Crippen LogP contribution is 2.31. The summed E-state index contributed by atoms with van der Waals surface area (Å²) in [5, 5.41) is 0. The van der Waals surface area contributed by atoms with E-state index in [2.05, 4.69) is 9.44 Å². The minimum atomic E-state index is -4.16. The standard InChI is InChI=1S/C40H43F2N5O11S2/c1-54-39(48)33-19-26(3-13-35(33)43-59(50,51)46-15-17-56-37(24-46)27-4-8-29(41)9-5-27)21-45-22-32(23-45)58-31-12-14-36(34(20-31)40(49)55-2)44-60(52,53)47-16-18-57-38(25-47)28-6-10-30(42)11-7-28/h3-14,19-20,32,37-38,43-44H,15-18,21-25H2,1-2H3. The summed E-state index contributed by atoms with van der Waals surface area (Å²) in [7, 11) is -5.93. The summed E-state index contributed by atoms with van der Waals surface area (Å²) in [6, 6.07) is 20.4. The van der Waals surface area contributed by atoms with Crippen molar-refractivity contribution in [1.29, 1.82) is 0 Å². The van der Waals surface area contributed by atoms with Gasteiger partial charge in [-0.15, -0.1) is 0 Å². The van der Waals surface area contributed by atoms with Crippen molar-refractivity contribution >= 4 is 43.7 Å². The van der Waals surface area contributed by atoms with Crippen LogP contribution in [0.3, 0.4) is 0 Å². The summed E-state index contributed by atoms with van der Waals surface area (Å²) in [5.74, 6) is -2.06. The Bertz CT molecular complexity index is 2250. The summed E-state index contributed by atoms with van der Waals surface area (Å²) >= 11 is 0. The van der Waals surface area contributed by atoms with Gasteiger partial charge in [-0.1, -0.05) is 30.3 Å². The van der Waals surface area contributed by atoms with Gasteiger partial charge >= 0.3 is 32.4 Å². The molecule has 20 heteroatoms. The van der Waals surface area contributed by atoms with Gasteiger partial charge in [-0.3, -0.25) is 14.3 Å². The molecule has 0 radical (unpaired) electrons. The van der Waals surface area contributed by atoms with Crippen molar-refractivity contribution in [3.05, 3.63) is 124 Å². The quantitative estimate of drug-likeness (QED) is 0.172. The van der Waals surface area contributed by atoms with Gasteiger partial charge in [-0.2, -0.15) is 25.4 Å². The lowest BCUT2D eigenvalue weighted by molar-refractivity contribution is -0.00241. The summed E-state index contributed by atoms with van der Waals surface area (Å²) in [4.78, 5) is 27.7. The van der Waals surface area contributed by atoms with Crippen molar-refractivity contribution in [2.24, 2.45) is 0 Å². The number of carbonyl (C=O) groups is 2. The molecule has 2 N–H and O–H groups in total. The molecule has 3 fully saturated rings. The Balaban J connectivity index is 0.961. The molecule has 3 saturated heterocycles. The molecule has 3 heterocycles. The van der Waals surface area contributed by atoms with Crippen molar-refractivity contribution in [1.82, 2.24) is 13.5 Å². The number of hydrogen-bond acceptors (Lipinski definition) is 12. The number of rotatable bonds is 14. The van der Waals surface area contributed by atoms with Gasteiger partial charge in [0.15, 0.2) is 0 Å². The number of nitrogens with one attached hydrogen (secondary N) is 2. The third-order valence-corrected chi connectivity index (χ3v) is 13.2. The lowest BCUT2D eigenvalue weighted by Crippen LogP contribution is -2.53. The van der Waals surface area contributed by atoms with E-state index < -0.39 is 56.2 Å². The number of esters is 2. The lowest BCUT2D eigenvalue weighted by atomic mass is 10.1. The topological polar surface area (TPSA) is 182 Å². The second-order valence-corrected chi connectivity index (χ2v) is 17.6. The van der Waals surface area contributed by atoms with Crippen LogP contribution in [0.4, 0.5) is 20.2 Å². The third-order valence-electron chi connectivity index (χ3n) is 10.2. The van der Waals surface area contributed by atoms with E-state index in [9.17, 15) is 35.2 Å². The van der Waals surface area contributed by atoms with Crippen LogP contribution in [-0.4, -0.2) is 115 Å². The van der Waals surface area contributed by atoms with Gasteiger partial charge in [-0.05, 0) is 71.3 Å².